The molecule has 2 heterocycles. The van der Waals surface area contributed by atoms with Crippen LogP contribution in [0.15, 0.2) is 67.0 Å². The minimum Gasteiger partial charge on any atom is -0.493 e. The molecule has 3 atom stereocenters. The van der Waals surface area contributed by atoms with Gasteiger partial charge in [0.15, 0.2) is 0 Å². The van der Waals surface area contributed by atoms with Gasteiger partial charge in [0, 0.05) is 55.8 Å². The molecule has 12 heteroatoms. The largest absolute Gasteiger partial charge is 0.493 e. The van der Waals surface area contributed by atoms with Crippen molar-refractivity contribution < 1.29 is 34.3 Å². The zero-order valence-electron chi connectivity index (χ0n) is 29.2. The molecule has 0 radical (unpaired) electrons. The molecule has 0 bridgehead atoms. The van der Waals surface area contributed by atoms with Crippen LogP contribution in [0.25, 0.3) is 11.1 Å². The van der Waals surface area contributed by atoms with E-state index in [0.29, 0.717) is 39.8 Å². The van der Waals surface area contributed by atoms with E-state index in [1.54, 1.807) is 24.4 Å². The number of halogens is 1. The highest BCUT2D eigenvalue weighted by molar-refractivity contribution is 6.32. The van der Waals surface area contributed by atoms with E-state index in [1.165, 1.54) is 18.7 Å². The summed E-state index contributed by atoms with van der Waals surface area (Å²) >= 11 is 6.81. The van der Waals surface area contributed by atoms with Crippen LogP contribution in [0.5, 0.6) is 17.2 Å². The number of hydrogen-bond donors (Lipinski definition) is 4. The molecule has 1 aliphatic heterocycles. The molecule has 1 fully saturated rings. The van der Waals surface area contributed by atoms with Gasteiger partial charge in [0.2, 0.25) is 0 Å². The normalized spacial score (nSPS) is 16.7. The number of likely N-dealkylation sites (tertiary alicyclic amines) is 1. The van der Waals surface area contributed by atoms with Crippen LogP contribution in [0.4, 0.5) is 0 Å². The number of aliphatic carboxylic acids is 1. The molecule has 52 heavy (non-hydrogen) atoms. The lowest BCUT2D eigenvalue weighted by Crippen LogP contribution is -2.50. The molecule has 1 saturated heterocycles. The SMILES string of the molecule is Cc1c(OCCCN2CC(O)C2)cccc1-c1cccc2c1CC[C@@H]2Oc1cc(OCc2cncc(C#N)c2)c(CN[C@H](C(=O)O)[C@@H](C)O)cc1Cl. The summed E-state index contributed by atoms with van der Waals surface area (Å²) in [5.41, 5.74) is 7.25. The van der Waals surface area contributed by atoms with Gasteiger partial charge in [0.25, 0.3) is 0 Å². The summed E-state index contributed by atoms with van der Waals surface area (Å²) in [7, 11) is 0. The second kappa shape index (κ2) is 16.8. The Hall–Kier alpha value is -4.70. The van der Waals surface area contributed by atoms with Crippen molar-refractivity contribution in [1.29, 1.82) is 5.26 Å². The number of benzene rings is 3. The first-order valence-electron chi connectivity index (χ1n) is 17.5. The molecule has 11 nitrogen and oxygen atoms in total. The van der Waals surface area contributed by atoms with Crippen LogP contribution >= 0.6 is 11.6 Å². The van der Waals surface area contributed by atoms with Crippen LogP contribution in [0, 0.1) is 18.3 Å². The van der Waals surface area contributed by atoms with E-state index in [2.05, 4.69) is 46.4 Å². The van der Waals surface area contributed by atoms with Crippen LogP contribution < -0.4 is 19.5 Å². The van der Waals surface area contributed by atoms with Crippen molar-refractivity contribution in [2.24, 2.45) is 0 Å². The first-order valence-corrected chi connectivity index (χ1v) is 17.8. The van der Waals surface area contributed by atoms with Gasteiger partial charge >= 0.3 is 5.97 Å². The third-order valence-electron chi connectivity index (χ3n) is 9.57. The highest BCUT2D eigenvalue weighted by Crippen LogP contribution is 2.44. The lowest BCUT2D eigenvalue weighted by Gasteiger charge is -2.35. The van der Waals surface area contributed by atoms with Crippen molar-refractivity contribution >= 4 is 17.6 Å². The molecule has 0 amide bonds. The van der Waals surface area contributed by atoms with E-state index in [9.17, 15) is 25.4 Å². The van der Waals surface area contributed by atoms with Gasteiger partial charge in [-0.2, -0.15) is 5.26 Å². The number of hydrogen-bond acceptors (Lipinski definition) is 10. The number of nitrogens with zero attached hydrogens (tertiary/aromatic N) is 3. The fourth-order valence-electron chi connectivity index (χ4n) is 6.81. The van der Waals surface area contributed by atoms with Gasteiger partial charge in [0.05, 0.1) is 29.4 Å². The smallest absolute Gasteiger partial charge is 0.323 e. The second-order valence-electron chi connectivity index (χ2n) is 13.4. The zero-order valence-corrected chi connectivity index (χ0v) is 30.0. The van der Waals surface area contributed by atoms with Crippen molar-refractivity contribution in [2.75, 3.05) is 26.2 Å². The van der Waals surface area contributed by atoms with Gasteiger partial charge in [-0.1, -0.05) is 41.9 Å². The van der Waals surface area contributed by atoms with E-state index in [0.717, 1.165) is 66.9 Å². The lowest BCUT2D eigenvalue weighted by molar-refractivity contribution is -0.142. The number of carboxylic acid groups (broad SMARTS) is 1. The number of aromatic nitrogens is 1. The summed E-state index contributed by atoms with van der Waals surface area (Å²) in [4.78, 5) is 18.1. The van der Waals surface area contributed by atoms with Gasteiger partial charge in [-0.15, -0.1) is 0 Å². The van der Waals surface area contributed by atoms with Crippen LogP contribution in [-0.2, 0) is 24.4 Å². The number of carbonyl (C=O) groups is 1. The summed E-state index contributed by atoms with van der Waals surface area (Å²) in [6, 6.07) is 18.3. The van der Waals surface area contributed by atoms with E-state index in [1.807, 2.05) is 18.2 Å². The average molecular weight is 727 g/mol. The Morgan fingerprint density at radius 1 is 1.10 bits per heavy atom. The maximum Gasteiger partial charge on any atom is 0.323 e. The van der Waals surface area contributed by atoms with Crippen LogP contribution in [0.3, 0.4) is 0 Å². The Balaban J connectivity index is 1.21. The Morgan fingerprint density at radius 2 is 1.88 bits per heavy atom. The molecule has 2 aliphatic rings. The number of nitriles is 1. The lowest BCUT2D eigenvalue weighted by atomic mass is 9.93. The van der Waals surface area contributed by atoms with E-state index < -0.39 is 18.1 Å². The number of aliphatic hydroxyl groups is 2. The topological polar surface area (TPSA) is 157 Å². The average Bonchev–Trinajstić information content (AvgIpc) is 3.53. The molecule has 272 valence electrons. The van der Waals surface area contributed by atoms with Gasteiger partial charge in [0.1, 0.15) is 42.1 Å². The monoisotopic (exact) mass is 726 g/mol. The summed E-state index contributed by atoms with van der Waals surface area (Å²) in [6.07, 6.45) is 3.91. The zero-order chi connectivity index (χ0) is 36.8. The Bertz CT molecular complexity index is 1940. The summed E-state index contributed by atoms with van der Waals surface area (Å²) in [6.45, 7) is 6.61. The minimum absolute atomic E-state index is 0.0496. The van der Waals surface area contributed by atoms with Crippen LogP contribution in [0.1, 0.15) is 59.3 Å². The van der Waals surface area contributed by atoms with Gasteiger partial charge in [-0.05, 0) is 79.1 Å². The number of ether oxygens (including phenoxy) is 3. The van der Waals surface area contributed by atoms with Crippen molar-refractivity contribution in [2.45, 2.75) is 70.6 Å². The third kappa shape index (κ3) is 8.66. The molecule has 0 spiro atoms. The van der Waals surface area contributed by atoms with Crippen molar-refractivity contribution in [1.82, 2.24) is 15.2 Å². The Morgan fingerprint density at radius 3 is 2.63 bits per heavy atom. The molecular weight excluding hydrogens is 684 g/mol. The first-order chi connectivity index (χ1) is 25.1. The molecule has 6 rings (SSSR count). The van der Waals surface area contributed by atoms with E-state index >= 15 is 0 Å². The summed E-state index contributed by atoms with van der Waals surface area (Å²) < 4.78 is 19.0. The summed E-state index contributed by atoms with van der Waals surface area (Å²) in [5, 5.41) is 41.6. The molecule has 1 aliphatic carbocycles. The molecular formula is C40H43ClN4O7. The Labute approximate surface area is 308 Å². The van der Waals surface area contributed by atoms with Crippen LogP contribution in [-0.4, -0.2) is 75.7 Å². The van der Waals surface area contributed by atoms with Gasteiger partial charge in [-0.3, -0.25) is 20.0 Å². The van der Waals surface area contributed by atoms with E-state index in [-0.39, 0.29) is 25.4 Å². The number of nitrogens with one attached hydrogen (secondary N) is 1. The molecule has 0 unspecified atom stereocenters. The van der Waals surface area contributed by atoms with Crippen molar-refractivity contribution in [3.63, 3.8) is 0 Å². The van der Waals surface area contributed by atoms with Gasteiger partial charge < -0.3 is 29.5 Å². The predicted octanol–water partition coefficient (Wildman–Crippen LogP) is 5.60. The number of pyridine rings is 1. The quantitative estimate of drug-likeness (QED) is 0.107. The predicted molar refractivity (Wildman–Crippen MR) is 196 cm³/mol. The highest BCUT2D eigenvalue weighted by atomic mass is 35.5. The second-order valence-corrected chi connectivity index (χ2v) is 13.8. The maximum absolute atomic E-state index is 11.7. The van der Waals surface area contributed by atoms with Crippen LogP contribution in [0.2, 0.25) is 5.02 Å². The highest BCUT2D eigenvalue weighted by Gasteiger charge is 2.29. The Kier molecular flexibility index (Phi) is 11.9. The molecule has 4 N–H and O–H groups in total. The molecule has 0 saturated carbocycles. The molecule has 4 aromatic rings. The fraction of sp³-hybridized carbons (Fsp3) is 0.375. The van der Waals surface area contributed by atoms with Crippen molar-refractivity contribution in [3.05, 3.63) is 105 Å². The number of aliphatic hydroxyl groups excluding tert-OH is 2. The fourth-order valence-corrected chi connectivity index (χ4v) is 7.04. The summed E-state index contributed by atoms with van der Waals surface area (Å²) in [5.74, 6) is 0.496. The van der Waals surface area contributed by atoms with E-state index in [4.69, 9.17) is 25.8 Å². The maximum atomic E-state index is 11.7. The standard InChI is InChI=1S/C40H43ClN4O7/c1-24-30(6-4-9-35(24)50-13-5-12-45-21-29(47)22-45)31-7-3-8-33-32(31)10-11-36(33)52-38-16-37(51-23-27-14-26(17-42)18-43-19-27)28(15-34(38)41)20-44-39(25(2)46)40(48)49/h3-4,6-9,14-16,18-19,25,29,36,39,44,46-47H,5,10-13,20-23H2,1-2H3,(H,48,49)/t25-,36+,39+/m1/s1. The van der Waals surface area contributed by atoms with Gasteiger partial charge in [-0.25, -0.2) is 0 Å². The minimum atomic E-state index is -1.20. The first kappa shape index (κ1) is 37.1. The number of carboxylic acids is 1. The molecule has 1 aromatic heterocycles. The van der Waals surface area contributed by atoms with Crippen molar-refractivity contribution in [3.8, 4) is 34.4 Å². The third-order valence-corrected chi connectivity index (χ3v) is 9.86. The number of rotatable bonds is 16. The number of β-amino-alcohol motifs (C(OH)–C–C–N with tert-alkyl or cyclic N) is 1. The number of fused-ring (bicyclic) bond motifs is 1. The molecule has 3 aromatic carbocycles.